The predicted octanol–water partition coefficient (Wildman–Crippen LogP) is 1.44. The van der Waals surface area contributed by atoms with Gasteiger partial charge in [-0.2, -0.15) is 0 Å². The van der Waals surface area contributed by atoms with E-state index in [0.29, 0.717) is 4.88 Å². The SMILES string of the molecule is Cc1ccc(C(=O)CCC(=O)O[C@@H](C)C(N)=O)s1. The van der Waals surface area contributed by atoms with Crippen LogP contribution in [0.2, 0.25) is 0 Å². The van der Waals surface area contributed by atoms with E-state index in [1.54, 1.807) is 6.07 Å². The van der Waals surface area contributed by atoms with Crippen LogP contribution >= 0.6 is 11.3 Å². The molecule has 0 aliphatic carbocycles. The van der Waals surface area contributed by atoms with E-state index in [0.717, 1.165) is 4.88 Å². The third kappa shape index (κ3) is 4.29. The summed E-state index contributed by atoms with van der Waals surface area (Å²) < 4.78 is 4.74. The van der Waals surface area contributed by atoms with Crippen LogP contribution in [0, 0.1) is 6.92 Å². The lowest BCUT2D eigenvalue weighted by molar-refractivity contribution is -0.153. The molecular formula is C12H15NO4S. The van der Waals surface area contributed by atoms with Crippen LogP contribution in [0.4, 0.5) is 0 Å². The fraction of sp³-hybridized carbons (Fsp3) is 0.417. The topological polar surface area (TPSA) is 86.5 Å². The van der Waals surface area contributed by atoms with Crippen molar-refractivity contribution in [1.29, 1.82) is 0 Å². The molecule has 0 spiro atoms. The molecule has 0 bridgehead atoms. The molecule has 1 aromatic heterocycles. The molecule has 98 valence electrons. The Bertz CT molecular complexity index is 466. The fourth-order valence-corrected chi connectivity index (χ4v) is 2.07. The molecule has 0 aliphatic heterocycles. The van der Waals surface area contributed by atoms with Crippen LogP contribution in [0.5, 0.6) is 0 Å². The first kappa shape index (κ1) is 14.4. The van der Waals surface area contributed by atoms with Crippen molar-refractivity contribution in [2.45, 2.75) is 32.8 Å². The van der Waals surface area contributed by atoms with E-state index in [4.69, 9.17) is 10.5 Å². The molecule has 18 heavy (non-hydrogen) atoms. The number of esters is 1. The van der Waals surface area contributed by atoms with Crippen molar-refractivity contribution in [2.75, 3.05) is 0 Å². The van der Waals surface area contributed by atoms with Gasteiger partial charge in [-0.15, -0.1) is 11.3 Å². The van der Waals surface area contributed by atoms with Gasteiger partial charge in [-0.25, -0.2) is 0 Å². The monoisotopic (exact) mass is 269 g/mol. The van der Waals surface area contributed by atoms with E-state index in [-0.39, 0.29) is 18.6 Å². The summed E-state index contributed by atoms with van der Waals surface area (Å²) in [6.45, 7) is 3.30. The molecule has 5 nitrogen and oxygen atoms in total. The van der Waals surface area contributed by atoms with Crippen LogP contribution in [0.25, 0.3) is 0 Å². The maximum Gasteiger partial charge on any atom is 0.307 e. The highest BCUT2D eigenvalue weighted by Gasteiger charge is 2.16. The zero-order valence-corrected chi connectivity index (χ0v) is 11.1. The van der Waals surface area contributed by atoms with Gasteiger partial charge in [0.2, 0.25) is 0 Å². The molecule has 1 aromatic rings. The van der Waals surface area contributed by atoms with Gasteiger partial charge in [0.15, 0.2) is 11.9 Å². The van der Waals surface area contributed by atoms with Crippen LogP contribution in [0.1, 0.15) is 34.3 Å². The largest absolute Gasteiger partial charge is 0.453 e. The van der Waals surface area contributed by atoms with Crippen molar-refractivity contribution in [3.63, 3.8) is 0 Å². The molecule has 0 saturated carbocycles. The lowest BCUT2D eigenvalue weighted by atomic mass is 10.2. The smallest absolute Gasteiger partial charge is 0.307 e. The van der Waals surface area contributed by atoms with Gasteiger partial charge in [0, 0.05) is 11.3 Å². The van der Waals surface area contributed by atoms with Crippen molar-refractivity contribution in [1.82, 2.24) is 0 Å². The summed E-state index contributed by atoms with van der Waals surface area (Å²) >= 11 is 1.39. The number of Topliss-reactive ketones (excluding diaryl/α,β-unsaturated/α-hetero) is 1. The Kier molecular flexibility index (Phi) is 5.03. The van der Waals surface area contributed by atoms with Crippen LogP contribution in [0.3, 0.4) is 0 Å². The quantitative estimate of drug-likeness (QED) is 0.625. The van der Waals surface area contributed by atoms with Gasteiger partial charge in [0.05, 0.1) is 11.3 Å². The second-order valence-electron chi connectivity index (χ2n) is 3.87. The third-order valence-corrected chi connectivity index (χ3v) is 3.32. The highest BCUT2D eigenvalue weighted by Crippen LogP contribution is 2.17. The van der Waals surface area contributed by atoms with Crippen LogP contribution in [-0.2, 0) is 14.3 Å². The summed E-state index contributed by atoms with van der Waals surface area (Å²) in [6, 6.07) is 3.59. The van der Waals surface area contributed by atoms with E-state index in [9.17, 15) is 14.4 Å². The average molecular weight is 269 g/mol. The van der Waals surface area contributed by atoms with Gasteiger partial charge in [-0.3, -0.25) is 14.4 Å². The molecule has 1 rings (SSSR count). The van der Waals surface area contributed by atoms with Crippen molar-refractivity contribution >= 4 is 29.0 Å². The van der Waals surface area contributed by atoms with E-state index in [1.165, 1.54) is 18.3 Å². The molecule has 1 atom stereocenters. The fourth-order valence-electron chi connectivity index (χ4n) is 1.24. The number of carbonyl (C=O) groups is 3. The third-order valence-electron chi connectivity index (χ3n) is 2.28. The Hall–Kier alpha value is -1.69. The summed E-state index contributed by atoms with van der Waals surface area (Å²) in [5.41, 5.74) is 4.95. The van der Waals surface area contributed by atoms with Crippen molar-refractivity contribution in [3.8, 4) is 0 Å². The zero-order chi connectivity index (χ0) is 13.7. The number of rotatable bonds is 6. The number of hydrogen-bond acceptors (Lipinski definition) is 5. The van der Waals surface area contributed by atoms with E-state index in [2.05, 4.69) is 0 Å². The maximum absolute atomic E-state index is 11.7. The van der Waals surface area contributed by atoms with Gasteiger partial charge < -0.3 is 10.5 Å². The number of nitrogens with two attached hydrogens (primary N) is 1. The highest BCUT2D eigenvalue weighted by atomic mass is 32.1. The summed E-state index contributed by atoms with van der Waals surface area (Å²) in [6.07, 6.45) is -0.936. The average Bonchev–Trinajstić information content (AvgIpc) is 2.72. The van der Waals surface area contributed by atoms with E-state index >= 15 is 0 Å². The van der Waals surface area contributed by atoms with Gasteiger partial charge in [0.25, 0.3) is 5.91 Å². The number of hydrogen-bond donors (Lipinski definition) is 1. The maximum atomic E-state index is 11.7. The van der Waals surface area contributed by atoms with Crippen LogP contribution in [0.15, 0.2) is 12.1 Å². The second kappa shape index (κ2) is 6.30. The molecule has 0 unspecified atom stereocenters. The predicted molar refractivity (Wildman–Crippen MR) is 67.4 cm³/mol. The highest BCUT2D eigenvalue weighted by molar-refractivity contribution is 7.14. The summed E-state index contributed by atoms with van der Waals surface area (Å²) in [5.74, 6) is -1.40. The number of primary amides is 1. The molecule has 0 saturated heterocycles. The Morgan fingerprint density at radius 2 is 2.00 bits per heavy atom. The lowest BCUT2D eigenvalue weighted by Gasteiger charge is -2.08. The second-order valence-corrected chi connectivity index (χ2v) is 5.16. The lowest BCUT2D eigenvalue weighted by Crippen LogP contribution is -2.30. The normalized spacial score (nSPS) is 11.9. The molecule has 0 radical (unpaired) electrons. The van der Waals surface area contributed by atoms with Crippen LogP contribution in [-0.4, -0.2) is 23.8 Å². The van der Waals surface area contributed by atoms with Gasteiger partial charge in [-0.05, 0) is 26.0 Å². The Balaban J connectivity index is 2.39. The van der Waals surface area contributed by atoms with Gasteiger partial charge in [-0.1, -0.05) is 0 Å². The van der Waals surface area contributed by atoms with Gasteiger partial charge >= 0.3 is 5.97 Å². The summed E-state index contributed by atoms with van der Waals surface area (Å²) in [4.78, 5) is 35.4. The Labute approximate surface area is 109 Å². The van der Waals surface area contributed by atoms with Crippen molar-refractivity contribution in [2.24, 2.45) is 5.73 Å². The van der Waals surface area contributed by atoms with Crippen molar-refractivity contribution in [3.05, 3.63) is 21.9 Å². The van der Waals surface area contributed by atoms with E-state index in [1.807, 2.05) is 13.0 Å². The number of carbonyl (C=O) groups excluding carboxylic acids is 3. The van der Waals surface area contributed by atoms with Gasteiger partial charge in [0.1, 0.15) is 0 Å². The van der Waals surface area contributed by atoms with Crippen molar-refractivity contribution < 1.29 is 19.1 Å². The minimum Gasteiger partial charge on any atom is -0.453 e. The molecule has 6 heteroatoms. The van der Waals surface area contributed by atoms with Crippen LogP contribution < -0.4 is 5.73 Å². The number of ether oxygens (including phenoxy) is 1. The number of amides is 1. The minimum absolute atomic E-state index is 0.0482. The molecule has 0 aliphatic rings. The minimum atomic E-state index is -0.961. The molecule has 1 amide bonds. The molecular weight excluding hydrogens is 254 g/mol. The molecule has 0 fully saturated rings. The first-order valence-corrected chi connectivity index (χ1v) is 6.30. The van der Waals surface area contributed by atoms with E-state index < -0.39 is 18.0 Å². The first-order chi connectivity index (χ1) is 8.40. The molecule has 0 aromatic carbocycles. The molecule has 1 heterocycles. The number of thiophene rings is 1. The standard InChI is InChI=1S/C12H15NO4S/c1-7-3-5-10(18-7)9(14)4-6-11(15)17-8(2)12(13)16/h3,5,8H,4,6H2,1-2H3,(H2,13,16)/t8-/m0/s1. The Morgan fingerprint density at radius 1 is 1.33 bits per heavy atom. The first-order valence-electron chi connectivity index (χ1n) is 5.48. The number of aryl methyl sites for hydroxylation is 1. The Morgan fingerprint density at radius 3 is 2.50 bits per heavy atom. The summed E-state index contributed by atoms with van der Waals surface area (Å²) in [5, 5.41) is 0. The number of ketones is 1. The summed E-state index contributed by atoms with van der Waals surface area (Å²) in [7, 11) is 0. The molecule has 2 N–H and O–H groups in total. The zero-order valence-electron chi connectivity index (χ0n) is 10.3.